The average Bonchev–Trinajstić information content (AvgIpc) is 3.03. The number of furan rings is 1. The van der Waals surface area contributed by atoms with Crippen LogP contribution in [-0.4, -0.2) is 12.0 Å². The van der Waals surface area contributed by atoms with Crippen molar-refractivity contribution >= 4 is 22.3 Å². The highest BCUT2D eigenvalue weighted by Crippen LogP contribution is 2.27. The van der Waals surface area contributed by atoms with E-state index in [0.717, 1.165) is 28.3 Å². The molecule has 3 nitrogen and oxygen atoms in total. The summed E-state index contributed by atoms with van der Waals surface area (Å²) >= 11 is 1.63. The first kappa shape index (κ1) is 13.3. The number of para-hydroxylation sites is 1. The molecule has 0 saturated carbocycles. The molecule has 0 bridgehead atoms. The first-order valence-corrected chi connectivity index (χ1v) is 7.31. The molecule has 20 heavy (non-hydrogen) atoms. The Kier molecular flexibility index (Phi) is 3.54. The van der Waals surface area contributed by atoms with E-state index in [-0.39, 0.29) is 11.9 Å². The van der Waals surface area contributed by atoms with Gasteiger partial charge in [-0.25, -0.2) is 9.37 Å². The van der Waals surface area contributed by atoms with Crippen molar-refractivity contribution in [3.63, 3.8) is 0 Å². The summed E-state index contributed by atoms with van der Waals surface area (Å²) in [6.45, 7) is 1.99. The number of fused-ring (bicyclic) bond motifs is 1. The maximum absolute atomic E-state index is 13.7. The molecule has 1 unspecified atom stereocenters. The molecule has 0 aliphatic carbocycles. The van der Waals surface area contributed by atoms with Crippen molar-refractivity contribution in [2.45, 2.75) is 19.4 Å². The Labute approximate surface area is 120 Å². The van der Waals surface area contributed by atoms with Gasteiger partial charge in [-0.05, 0) is 26.1 Å². The molecule has 0 aliphatic heterocycles. The van der Waals surface area contributed by atoms with Crippen LogP contribution < -0.4 is 5.32 Å². The minimum Gasteiger partial charge on any atom is -0.456 e. The summed E-state index contributed by atoms with van der Waals surface area (Å²) < 4.78 is 19.3. The standard InChI is InChI=1S/C15H15FN2OS/c1-9-18-11(8-20-9)7-13(17-2)14-6-10-4-3-5-12(16)15(10)19-14/h3-6,8,13,17H,7H2,1-2H3. The number of likely N-dealkylation sites (N-methyl/N-ethyl adjacent to an activating group) is 1. The lowest BCUT2D eigenvalue weighted by Crippen LogP contribution is -2.18. The lowest BCUT2D eigenvalue weighted by atomic mass is 10.1. The van der Waals surface area contributed by atoms with E-state index in [9.17, 15) is 4.39 Å². The van der Waals surface area contributed by atoms with Crippen molar-refractivity contribution in [3.05, 3.63) is 51.9 Å². The molecule has 0 saturated heterocycles. The van der Waals surface area contributed by atoms with E-state index in [1.807, 2.05) is 31.5 Å². The van der Waals surface area contributed by atoms with Gasteiger partial charge in [0.15, 0.2) is 11.4 Å². The molecular formula is C15H15FN2OS. The molecule has 3 rings (SSSR count). The maximum Gasteiger partial charge on any atom is 0.169 e. The third kappa shape index (κ3) is 2.46. The minimum atomic E-state index is -0.326. The van der Waals surface area contributed by atoms with Gasteiger partial charge in [0, 0.05) is 17.2 Å². The second-order valence-electron chi connectivity index (χ2n) is 4.71. The van der Waals surface area contributed by atoms with E-state index >= 15 is 0 Å². The lowest BCUT2D eigenvalue weighted by molar-refractivity contribution is 0.440. The summed E-state index contributed by atoms with van der Waals surface area (Å²) in [5, 5.41) is 7.08. The van der Waals surface area contributed by atoms with Crippen molar-refractivity contribution in [2.24, 2.45) is 0 Å². The van der Waals surface area contributed by atoms with Gasteiger partial charge in [-0.2, -0.15) is 0 Å². The predicted octanol–water partition coefficient (Wildman–Crippen LogP) is 3.84. The molecule has 0 aliphatic rings. The normalized spacial score (nSPS) is 12.9. The average molecular weight is 290 g/mol. The Morgan fingerprint density at radius 2 is 2.30 bits per heavy atom. The molecule has 0 radical (unpaired) electrons. The van der Waals surface area contributed by atoms with E-state index in [2.05, 4.69) is 10.3 Å². The van der Waals surface area contributed by atoms with Gasteiger partial charge in [0.2, 0.25) is 0 Å². The zero-order valence-corrected chi connectivity index (χ0v) is 12.1. The Balaban J connectivity index is 1.92. The zero-order valence-electron chi connectivity index (χ0n) is 11.3. The number of benzene rings is 1. The number of aryl methyl sites for hydroxylation is 1. The van der Waals surface area contributed by atoms with Crippen LogP contribution in [0.4, 0.5) is 4.39 Å². The molecule has 2 aromatic heterocycles. The minimum absolute atomic E-state index is 0.0108. The van der Waals surface area contributed by atoms with Gasteiger partial charge in [0.05, 0.1) is 16.7 Å². The molecule has 2 heterocycles. The Bertz CT molecular complexity index is 734. The molecule has 0 amide bonds. The van der Waals surface area contributed by atoms with Gasteiger partial charge in [-0.15, -0.1) is 11.3 Å². The van der Waals surface area contributed by atoms with Crippen LogP contribution in [0.2, 0.25) is 0 Å². The van der Waals surface area contributed by atoms with Crippen LogP contribution in [0, 0.1) is 12.7 Å². The monoisotopic (exact) mass is 290 g/mol. The summed E-state index contributed by atoms with van der Waals surface area (Å²) in [6, 6.07) is 6.83. The molecule has 0 fully saturated rings. The molecule has 1 atom stereocenters. The maximum atomic E-state index is 13.7. The fraction of sp³-hybridized carbons (Fsp3) is 0.267. The molecule has 5 heteroatoms. The third-order valence-electron chi connectivity index (χ3n) is 3.29. The van der Waals surface area contributed by atoms with Crippen LogP contribution in [0.15, 0.2) is 34.1 Å². The zero-order chi connectivity index (χ0) is 14.1. The highest BCUT2D eigenvalue weighted by Gasteiger charge is 2.17. The summed E-state index contributed by atoms with van der Waals surface area (Å²) in [6.07, 6.45) is 0.724. The van der Waals surface area contributed by atoms with Crippen molar-refractivity contribution in [3.8, 4) is 0 Å². The van der Waals surface area contributed by atoms with Crippen molar-refractivity contribution in [1.29, 1.82) is 0 Å². The number of hydrogen-bond donors (Lipinski definition) is 1. The van der Waals surface area contributed by atoms with Crippen LogP contribution in [0.5, 0.6) is 0 Å². The van der Waals surface area contributed by atoms with Crippen molar-refractivity contribution in [1.82, 2.24) is 10.3 Å². The molecule has 1 aromatic carbocycles. The Morgan fingerprint density at radius 3 is 2.95 bits per heavy atom. The van der Waals surface area contributed by atoms with Crippen LogP contribution in [0.3, 0.4) is 0 Å². The summed E-state index contributed by atoms with van der Waals surface area (Å²) in [5.41, 5.74) is 1.34. The number of thiazole rings is 1. The first-order valence-electron chi connectivity index (χ1n) is 6.43. The molecule has 1 N–H and O–H groups in total. The van der Waals surface area contributed by atoms with E-state index in [1.54, 1.807) is 17.4 Å². The molecule has 104 valence electrons. The second-order valence-corrected chi connectivity index (χ2v) is 5.77. The van der Waals surface area contributed by atoms with Crippen LogP contribution in [-0.2, 0) is 6.42 Å². The second kappa shape index (κ2) is 5.34. The van der Waals surface area contributed by atoms with Crippen molar-refractivity contribution < 1.29 is 8.81 Å². The van der Waals surface area contributed by atoms with Gasteiger partial charge in [-0.3, -0.25) is 0 Å². The first-order chi connectivity index (χ1) is 9.67. The largest absolute Gasteiger partial charge is 0.456 e. The number of hydrogen-bond acceptors (Lipinski definition) is 4. The molecule has 3 aromatic rings. The highest BCUT2D eigenvalue weighted by atomic mass is 32.1. The van der Waals surface area contributed by atoms with E-state index in [4.69, 9.17) is 4.42 Å². The predicted molar refractivity (Wildman–Crippen MR) is 78.5 cm³/mol. The lowest BCUT2D eigenvalue weighted by Gasteiger charge is -2.11. The fourth-order valence-corrected chi connectivity index (χ4v) is 2.90. The molecular weight excluding hydrogens is 275 g/mol. The molecule has 0 spiro atoms. The van der Waals surface area contributed by atoms with E-state index < -0.39 is 0 Å². The van der Waals surface area contributed by atoms with Gasteiger partial charge >= 0.3 is 0 Å². The highest BCUT2D eigenvalue weighted by molar-refractivity contribution is 7.09. The quantitative estimate of drug-likeness (QED) is 0.793. The number of aromatic nitrogens is 1. The van der Waals surface area contributed by atoms with Gasteiger partial charge < -0.3 is 9.73 Å². The fourth-order valence-electron chi connectivity index (χ4n) is 2.28. The Hall–Kier alpha value is -1.72. The third-order valence-corrected chi connectivity index (χ3v) is 4.11. The van der Waals surface area contributed by atoms with E-state index in [0.29, 0.717) is 5.58 Å². The van der Waals surface area contributed by atoms with Gasteiger partial charge in [-0.1, -0.05) is 12.1 Å². The summed E-state index contributed by atoms with van der Waals surface area (Å²) in [4.78, 5) is 4.46. The Morgan fingerprint density at radius 1 is 1.45 bits per heavy atom. The summed E-state index contributed by atoms with van der Waals surface area (Å²) in [7, 11) is 1.87. The number of nitrogens with one attached hydrogen (secondary N) is 1. The number of rotatable bonds is 4. The van der Waals surface area contributed by atoms with Gasteiger partial charge in [0.1, 0.15) is 5.76 Å². The van der Waals surface area contributed by atoms with Crippen molar-refractivity contribution in [2.75, 3.05) is 7.05 Å². The van der Waals surface area contributed by atoms with E-state index in [1.165, 1.54) is 6.07 Å². The smallest absolute Gasteiger partial charge is 0.169 e. The number of halogens is 1. The van der Waals surface area contributed by atoms with Crippen LogP contribution in [0.25, 0.3) is 11.0 Å². The number of nitrogens with zero attached hydrogens (tertiary/aromatic N) is 1. The van der Waals surface area contributed by atoms with Crippen LogP contribution >= 0.6 is 11.3 Å². The van der Waals surface area contributed by atoms with Gasteiger partial charge in [0.25, 0.3) is 0 Å². The van der Waals surface area contributed by atoms with Crippen LogP contribution in [0.1, 0.15) is 22.5 Å². The summed E-state index contributed by atoms with van der Waals surface area (Å²) in [5.74, 6) is 0.409. The SMILES string of the molecule is CNC(Cc1csc(C)n1)c1cc2cccc(F)c2o1. The topological polar surface area (TPSA) is 38.1 Å².